The van der Waals surface area contributed by atoms with Crippen LogP contribution in [0, 0.1) is 5.82 Å². The first-order valence-electron chi connectivity index (χ1n) is 6.58. The molecular weight excluding hydrogens is 275 g/mol. The van der Waals surface area contributed by atoms with E-state index in [0.29, 0.717) is 5.58 Å². The molecule has 0 fully saturated rings. The van der Waals surface area contributed by atoms with Gasteiger partial charge in [-0.15, -0.1) is 11.3 Å². The van der Waals surface area contributed by atoms with E-state index in [4.69, 9.17) is 4.42 Å². The molecule has 1 aromatic carbocycles. The number of furan rings is 1. The molecule has 5 heteroatoms. The summed E-state index contributed by atoms with van der Waals surface area (Å²) < 4.78 is 19.1. The van der Waals surface area contributed by atoms with E-state index in [1.54, 1.807) is 22.9 Å². The molecule has 3 rings (SSSR count). The highest BCUT2D eigenvalue weighted by atomic mass is 32.1. The lowest BCUT2D eigenvalue weighted by Gasteiger charge is -2.13. The fourth-order valence-electron chi connectivity index (χ4n) is 2.18. The van der Waals surface area contributed by atoms with Gasteiger partial charge in [0.1, 0.15) is 23.2 Å². The van der Waals surface area contributed by atoms with Crippen LogP contribution in [0.15, 0.2) is 40.4 Å². The summed E-state index contributed by atoms with van der Waals surface area (Å²) in [6.45, 7) is 3.00. The quantitative estimate of drug-likeness (QED) is 0.768. The first-order valence-corrected chi connectivity index (χ1v) is 7.46. The molecule has 104 valence electrons. The number of hydrogen-bond donors (Lipinski definition) is 1. The van der Waals surface area contributed by atoms with Gasteiger partial charge in [-0.05, 0) is 37.2 Å². The van der Waals surface area contributed by atoms with E-state index in [0.717, 1.165) is 29.0 Å². The molecule has 3 nitrogen and oxygen atoms in total. The van der Waals surface area contributed by atoms with Crippen LogP contribution in [0.25, 0.3) is 11.0 Å². The van der Waals surface area contributed by atoms with Crippen LogP contribution in [0.5, 0.6) is 0 Å². The number of fused-ring (bicyclic) bond motifs is 1. The molecule has 1 N–H and O–H groups in total. The number of benzene rings is 1. The van der Waals surface area contributed by atoms with Gasteiger partial charge in [0.2, 0.25) is 0 Å². The maximum atomic E-state index is 13.3. The SMILES string of the molecule is CCCNC(c1cc2cc(F)ccc2o1)c1cncs1. The van der Waals surface area contributed by atoms with Gasteiger partial charge in [0, 0.05) is 16.5 Å². The summed E-state index contributed by atoms with van der Waals surface area (Å²) in [5.41, 5.74) is 2.51. The highest BCUT2D eigenvalue weighted by Crippen LogP contribution is 2.30. The van der Waals surface area contributed by atoms with Gasteiger partial charge in [-0.1, -0.05) is 6.92 Å². The maximum Gasteiger partial charge on any atom is 0.134 e. The van der Waals surface area contributed by atoms with Crippen molar-refractivity contribution < 1.29 is 8.81 Å². The summed E-state index contributed by atoms with van der Waals surface area (Å²) in [6.07, 6.45) is 2.87. The molecule has 1 unspecified atom stereocenters. The summed E-state index contributed by atoms with van der Waals surface area (Å²) in [5.74, 6) is 0.545. The molecule has 0 saturated carbocycles. The van der Waals surface area contributed by atoms with Crippen LogP contribution in [0.4, 0.5) is 4.39 Å². The third-order valence-corrected chi connectivity index (χ3v) is 3.96. The molecule has 20 heavy (non-hydrogen) atoms. The zero-order valence-electron chi connectivity index (χ0n) is 11.1. The van der Waals surface area contributed by atoms with E-state index < -0.39 is 0 Å². The van der Waals surface area contributed by atoms with Crippen molar-refractivity contribution in [1.82, 2.24) is 10.3 Å². The van der Waals surface area contributed by atoms with E-state index in [9.17, 15) is 4.39 Å². The first-order chi connectivity index (χ1) is 9.78. The minimum absolute atomic E-state index is 0.0297. The van der Waals surface area contributed by atoms with Crippen LogP contribution in [0.1, 0.15) is 30.0 Å². The Morgan fingerprint density at radius 3 is 3.05 bits per heavy atom. The zero-order chi connectivity index (χ0) is 13.9. The molecular formula is C15H15FN2OS. The number of halogens is 1. The van der Waals surface area contributed by atoms with Crippen molar-refractivity contribution in [2.24, 2.45) is 0 Å². The molecule has 0 aliphatic heterocycles. The van der Waals surface area contributed by atoms with Crippen molar-refractivity contribution >= 4 is 22.3 Å². The smallest absolute Gasteiger partial charge is 0.134 e. The molecule has 0 saturated heterocycles. The minimum atomic E-state index is -0.249. The van der Waals surface area contributed by atoms with E-state index in [2.05, 4.69) is 17.2 Å². The van der Waals surface area contributed by atoms with Gasteiger partial charge in [0.25, 0.3) is 0 Å². The second-order valence-electron chi connectivity index (χ2n) is 4.62. The molecule has 0 aliphatic carbocycles. The highest BCUT2D eigenvalue weighted by molar-refractivity contribution is 7.09. The molecule has 0 spiro atoms. The van der Waals surface area contributed by atoms with E-state index >= 15 is 0 Å². The third-order valence-electron chi connectivity index (χ3n) is 3.12. The number of hydrogen-bond acceptors (Lipinski definition) is 4. The monoisotopic (exact) mass is 290 g/mol. The molecule has 0 amide bonds. The fourth-order valence-corrected chi connectivity index (χ4v) is 2.88. The lowest BCUT2D eigenvalue weighted by Crippen LogP contribution is -2.21. The van der Waals surface area contributed by atoms with E-state index in [1.807, 2.05) is 12.3 Å². The van der Waals surface area contributed by atoms with Crippen molar-refractivity contribution in [1.29, 1.82) is 0 Å². The number of aromatic nitrogens is 1. The number of thiazole rings is 1. The van der Waals surface area contributed by atoms with Crippen molar-refractivity contribution in [2.75, 3.05) is 6.54 Å². The standard InChI is InChI=1S/C15H15FN2OS/c1-2-5-18-15(14-8-17-9-20-14)13-7-10-6-11(16)3-4-12(10)19-13/h3-4,6-9,15,18H,2,5H2,1H3. The molecule has 2 aromatic heterocycles. The lowest BCUT2D eigenvalue weighted by molar-refractivity contribution is 0.473. The van der Waals surface area contributed by atoms with Crippen LogP contribution in [-0.2, 0) is 0 Å². The predicted octanol–water partition coefficient (Wildman–Crippen LogP) is 4.12. The van der Waals surface area contributed by atoms with Crippen molar-refractivity contribution in [3.05, 3.63) is 52.4 Å². The van der Waals surface area contributed by atoms with Crippen molar-refractivity contribution in [2.45, 2.75) is 19.4 Å². The Labute approximate surface area is 120 Å². The van der Waals surface area contributed by atoms with Gasteiger partial charge >= 0.3 is 0 Å². The second-order valence-corrected chi connectivity index (χ2v) is 5.54. The van der Waals surface area contributed by atoms with Gasteiger partial charge in [0.15, 0.2) is 0 Å². The summed E-state index contributed by atoms with van der Waals surface area (Å²) >= 11 is 1.58. The summed E-state index contributed by atoms with van der Waals surface area (Å²) in [6, 6.07) is 6.43. The maximum absolute atomic E-state index is 13.3. The van der Waals surface area contributed by atoms with Gasteiger partial charge in [0.05, 0.1) is 5.51 Å². The van der Waals surface area contributed by atoms with Gasteiger partial charge in [-0.3, -0.25) is 4.98 Å². The number of nitrogens with zero attached hydrogens (tertiary/aromatic N) is 1. The average Bonchev–Trinajstić information content (AvgIpc) is 3.08. The molecule has 1 atom stereocenters. The van der Waals surface area contributed by atoms with Crippen molar-refractivity contribution in [3.8, 4) is 0 Å². The van der Waals surface area contributed by atoms with Crippen LogP contribution >= 0.6 is 11.3 Å². The third kappa shape index (κ3) is 2.59. The Morgan fingerprint density at radius 1 is 1.40 bits per heavy atom. The Morgan fingerprint density at radius 2 is 2.30 bits per heavy atom. The van der Waals surface area contributed by atoms with Crippen molar-refractivity contribution in [3.63, 3.8) is 0 Å². The molecule has 0 aliphatic rings. The second kappa shape index (κ2) is 5.73. The summed E-state index contributed by atoms with van der Waals surface area (Å²) in [5, 5.41) is 4.23. The van der Waals surface area contributed by atoms with Crippen LogP contribution < -0.4 is 5.32 Å². The predicted molar refractivity (Wildman–Crippen MR) is 78.4 cm³/mol. The van der Waals surface area contributed by atoms with Crippen LogP contribution in [0.2, 0.25) is 0 Å². The fraction of sp³-hybridized carbons (Fsp3) is 0.267. The van der Waals surface area contributed by atoms with Crippen LogP contribution in [0.3, 0.4) is 0 Å². The van der Waals surface area contributed by atoms with Crippen LogP contribution in [-0.4, -0.2) is 11.5 Å². The van der Waals surface area contributed by atoms with Gasteiger partial charge < -0.3 is 9.73 Å². The molecule has 3 aromatic rings. The Kier molecular flexibility index (Phi) is 3.80. The minimum Gasteiger partial charge on any atom is -0.459 e. The summed E-state index contributed by atoms with van der Waals surface area (Å²) in [7, 11) is 0. The summed E-state index contributed by atoms with van der Waals surface area (Å²) in [4.78, 5) is 5.22. The zero-order valence-corrected chi connectivity index (χ0v) is 11.9. The normalized spacial score (nSPS) is 12.9. The average molecular weight is 290 g/mol. The molecule has 0 bridgehead atoms. The van der Waals surface area contributed by atoms with E-state index in [1.165, 1.54) is 12.1 Å². The first kappa shape index (κ1) is 13.3. The topological polar surface area (TPSA) is 38.1 Å². The molecule has 2 heterocycles. The number of rotatable bonds is 5. The van der Waals surface area contributed by atoms with Gasteiger partial charge in [-0.2, -0.15) is 0 Å². The lowest BCUT2D eigenvalue weighted by atomic mass is 10.1. The Balaban J connectivity index is 1.99. The van der Waals surface area contributed by atoms with Gasteiger partial charge in [-0.25, -0.2) is 4.39 Å². The molecule has 0 radical (unpaired) electrons. The highest BCUT2D eigenvalue weighted by Gasteiger charge is 2.19. The van der Waals surface area contributed by atoms with E-state index in [-0.39, 0.29) is 11.9 Å². The Hall–Kier alpha value is -1.72. The largest absolute Gasteiger partial charge is 0.459 e. The Bertz CT molecular complexity index is 693. The number of nitrogens with one attached hydrogen (secondary N) is 1.